The standard InChI is InChI=1S/C22H28N4O2/c1-14-10-15(18(24-4)11-20(23)22(2,3)28)7-8-16(14)12-26-13-19-17(21(26)27)6-5-9-25-19/h5-10,18,23-24,28H,11-13H2,1-4H3. The second-order valence-electron chi connectivity index (χ2n) is 7.93. The molecule has 1 aliphatic rings. The Kier molecular flexibility index (Phi) is 5.63. The number of fused-ring (bicyclic) bond motifs is 1. The number of aromatic nitrogens is 1. The topological polar surface area (TPSA) is 89.3 Å². The van der Waals surface area contributed by atoms with E-state index in [4.69, 9.17) is 5.41 Å². The van der Waals surface area contributed by atoms with E-state index in [9.17, 15) is 9.90 Å². The van der Waals surface area contributed by atoms with Crippen LogP contribution in [0.15, 0.2) is 36.5 Å². The monoisotopic (exact) mass is 380 g/mol. The lowest BCUT2D eigenvalue weighted by molar-refractivity contribution is 0.0766. The van der Waals surface area contributed by atoms with Gasteiger partial charge in [0.15, 0.2) is 0 Å². The van der Waals surface area contributed by atoms with Crippen LogP contribution in [0.5, 0.6) is 0 Å². The number of carbonyl (C=O) groups is 1. The third-order valence-corrected chi connectivity index (χ3v) is 5.37. The molecular formula is C22H28N4O2. The summed E-state index contributed by atoms with van der Waals surface area (Å²) in [6.45, 7) is 6.40. The number of benzene rings is 1. The minimum absolute atomic E-state index is 0.0262. The summed E-state index contributed by atoms with van der Waals surface area (Å²) in [6, 6.07) is 9.76. The molecule has 1 aromatic heterocycles. The van der Waals surface area contributed by atoms with Crippen LogP contribution in [0.3, 0.4) is 0 Å². The van der Waals surface area contributed by atoms with Crippen LogP contribution in [0.25, 0.3) is 0 Å². The van der Waals surface area contributed by atoms with Crippen LogP contribution in [-0.4, -0.2) is 39.3 Å². The minimum atomic E-state index is -1.12. The van der Waals surface area contributed by atoms with Crippen LogP contribution in [0.4, 0.5) is 0 Å². The van der Waals surface area contributed by atoms with E-state index in [0.29, 0.717) is 30.8 Å². The average molecular weight is 380 g/mol. The van der Waals surface area contributed by atoms with E-state index in [2.05, 4.69) is 16.4 Å². The van der Waals surface area contributed by atoms with Crippen molar-refractivity contribution >= 4 is 11.6 Å². The summed E-state index contributed by atoms with van der Waals surface area (Å²) in [4.78, 5) is 18.7. The summed E-state index contributed by atoms with van der Waals surface area (Å²) in [7, 11) is 1.86. The van der Waals surface area contributed by atoms with E-state index in [1.807, 2.05) is 37.1 Å². The Hall–Kier alpha value is -2.57. The molecule has 3 rings (SSSR count). The molecule has 0 bridgehead atoms. The van der Waals surface area contributed by atoms with Crippen molar-refractivity contribution in [3.63, 3.8) is 0 Å². The first-order valence-corrected chi connectivity index (χ1v) is 9.51. The predicted octanol–water partition coefficient (Wildman–Crippen LogP) is 2.99. The number of hydrogen-bond acceptors (Lipinski definition) is 5. The average Bonchev–Trinajstić information content (AvgIpc) is 2.96. The normalized spacial score (nSPS) is 14.9. The molecule has 0 radical (unpaired) electrons. The van der Waals surface area contributed by atoms with E-state index in [1.165, 1.54) is 0 Å². The van der Waals surface area contributed by atoms with Crippen molar-refractivity contribution < 1.29 is 9.90 Å². The fourth-order valence-electron chi connectivity index (χ4n) is 3.47. The van der Waals surface area contributed by atoms with Crippen molar-refractivity contribution in [2.45, 2.75) is 51.9 Å². The van der Waals surface area contributed by atoms with Crippen molar-refractivity contribution in [1.29, 1.82) is 5.41 Å². The molecule has 6 heteroatoms. The lowest BCUT2D eigenvalue weighted by Crippen LogP contribution is -2.34. The molecular weight excluding hydrogens is 352 g/mol. The molecule has 6 nitrogen and oxygen atoms in total. The second-order valence-corrected chi connectivity index (χ2v) is 7.93. The molecule has 3 N–H and O–H groups in total. The van der Waals surface area contributed by atoms with E-state index < -0.39 is 5.60 Å². The molecule has 1 aliphatic heterocycles. The second kappa shape index (κ2) is 7.81. The SMILES string of the molecule is CNC(CC(=N)C(C)(C)O)c1ccc(CN2Cc3ncccc3C2=O)c(C)c1. The van der Waals surface area contributed by atoms with Gasteiger partial charge in [0.2, 0.25) is 0 Å². The largest absolute Gasteiger partial charge is 0.385 e. The Bertz CT molecular complexity index is 902. The van der Waals surface area contributed by atoms with Crippen LogP contribution >= 0.6 is 0 Å². The highest BCUT2D eigenvalue weighted by molar-refractivity contribution is 5.97. The third kappa shape index (κ3) is 4.13. The molecule has 1 amide bonds. The highest BCUT2D eigenvalue weighted by Crippen LogP contribution is 2.26. The molecule has 0 fully saturated rings. The maximum Gasteiger partial charge on any atom is 0.256 e. The molecule has 0 saturated carbocycles. The Balaban J connectivity index is 1.74. The zero-order chi connectivity index (χ0) is 20.5. The van der Waals surface area contributed by atoms with Crippen molar-refractivity contribution in [2.75, 3.05) is 7.05 Å². The molecule has 2 heterocycles. The van der Waals surface area contributed by atoms with Crippen molar-refractivity contribution in [3.8, 4) is 0 Å². The van der Waals surface area contributed by atoms with Crippen molar-refractivity contribution in [3.05, 3.63) is 64.5 Å². The number of nitrogens with zero attached hydrogens (tertiary/aromatic N) is 2. The maximum absolute atomic E-state index is 12.6. The Morgan fingerprint density at radius 1 is 1.39 bits per heavy atom. The molecule has 0 spiro atoms. The number of aliphatic hydroxyl groups is 1. The Morgan fingerprint density at radius 2 is 2.14 bits per heavy atom. The molecule has 1 aromatic carbocycles. The predicted molar refractivity (Wildman–Crippen MR) is 109 cm³/mol. The van der Waals surface area contributed by atoms with Gasteiger partial charge in [0, 0.05) is 30.9 Å². The number of pyridine rings is 1. The maximum atomic E-state index is 12.6. The van der Waals surface area contributed by atoms with Gasteiger partial charge < -0.3 is 20.7 Å². The lowest BCUT2D eigenvalue weighted by Gasteiger charge is -2.25. The van der Waals surface area contributed by atoms with E-state index >= 15 is 0 Å². The first-order valence-electron chi connectivity index (χ1n) is 9.51. The highest BCUT2D eigenvalue weighted by atomic mass is 16.3. The highest BCUT2D eigenvalue weighted by Gasteiger charge is 2.28. The van der Waals surface area contributed by atoms with Gasteiger partial charge in [-0.1, -0.05) is 18.2 Å². The van der Waals surface area contributed by atoms with Gasteiger partial charge in [-0.2, -0.15) is 0 Å². The number of nitrogens with one attached hydrogen (secondary N) is 2. The third-order valence-electron chi connectivity index (χ3n) is 5.37. The quantitative estimate of drug-likeness (QED) is 0.644. The number of hydrogen-bond donors (Lipinski definition) is 3. The zero-order valence-corrected chi connectivity index (χ0v) is 16.9. The van der Waals surface area contributed by atoms with Crippen LogP contribution in [0.2, 0.25) is 0 Å². The summed E-state index contributed by atoms with van der Waals surface area (Å²) in [6.07, 6.45) is 2.16. The van der Waals surface area contributed by atoms with E-state index in [1.54, 1.807) is 26.1 Å². The van der Waals surface area contributed by atoms with Gasteiger partial charge >= 0.3 is 0 Å². The van der Waals surface area contributed by atoms with Gasteiger partial charge in [-0.05, 0) is 56.6 Å². The molecule has 0 saturated heterocycles. The first kappa shape index (κ1) is 20.2. The molecule has 0 aliphatic carbocycles. The van der Waals surface area contributed by atoms with Crippen molar-refractivity contribution in [1.82, 2.24) is 15.2 Å². The number of amides is 1. The van der Waals surface area contributed by atoms with Gasteiger partial charge in [-0.25, -0.2) is 0 Å². The van der Waals surface area contributed by atoms with E-state index in [-0.39, 0.29) is 11.9 Å². The smallest absolute Gasteiger partial charge is 0.256 e. The van der Waals surface area contributed by atoms with Crippen molar-refractivity contribution in [2.24, 2.45) is 0 Å². The lowest BCUT2D eigenvalue weighted by atomic mass is 9.91. The minimum Gasteiger partial charge on any atom is -0.385 e. The number of aryl methyl sites for hydroxylation is 1. The summed E-state index contributed by atoms with van der Waals surface area (Å²) in [5.74, 6) is 0.0262. The molecule has 1 unspecified atom stereocenters. The summed E-state index contributed by atoms with van der Waals surface area (Å²) in [5, 5.41) is 21.4. The summed E-state index contributed by atoms with van der Waals surface area (Å²) in [5.41, 5.74) is 3.96. The molecule has 148 valence electrons. The van der Waals surface area contributed by atoms with Gasteiger partial charge in [-0.3, -0.25) is 9.78 Å². The Morgan fingerprint density at radius 3 is 2.75 bits per heavy atom. The van der Waals surface area contributed by atoms with Crippen LogP contribution < -0.4 is 5.32 Å². The van der Waals surface area contributed by atoms with Crippen LogP contribution in [0.1, 0.15) is 59.1 Å². The van der Waals surface area contributed by atoms with Gasteiger partial charge in [0.25, 0.3) is 5.91 Å². The zero-order valence-electron chi connectivity index (χ0n) is 16.9. The fourth-order valence-corrected chi connectivity index (χ4v) is 3.47. The Labute approximate surface area is 166 Å². The fraction of sp³-hybridized carbons (Fsp3) is 0.409. The van der Waals surface area contributed by atoms with E-state index in [0.717, 1.165) is 22.4 Å². The van der Waals surface area contributed by atoms with Crippen LogP contribution in [-0.2, 0) is 13.1 Å². The van der Waals surface area contributed by atoms with Gasteiger partial charge in [0.1, 0.15) is 0 Å². The van der Waals surface area contributed by atoms with Gasteiger partial charge in [0.05, 0.1) is 23.4 Å². The summed E-state index contributed by atoms with van der Waals surface area (Å²) < 4.78 is 0. The number of carbonyl (C=O) groups excluding carboxylic acids is 1. The molecule has 28 heavy (non-hydrogen) atoms. The molecule has 2 aromatic rings. The van der Waals surface area contributed by atoms with Gasteiger partial charge in [-0.15, -0.1) is 0 Å². The molecule has 1 atom stereocenters. The first-order chi connectivity index (χ1) is 13.2. The number of rotatable bonds is 7. The summed E-state index contributed by atoms with van der Waals surface area (Å²) >= 11 is 0. The van der Waals surface area contributed by atoms with Crippen LogP contribution in [0, 0.1) is 12.3 Å².